The number of benzene rings is 1. The maximum absolute atomic E-state index is 12.3. The van der Waals surface area contributed by atoms with Crippen molar-refractivity contribution in [2.45, 2.75) is 18.8 Å². The molecule has 0 aromatic heterocycles. The Labute approximate surface area is 119 Å². The van der Waals surface area contributed by atoms with Crippen molar-refractivity contribution in [2.24, 2.45) is 5.92 Å². The number of carbonyl (C=O) groups is 1. The second kappa shape index (κ2) is 5.81. The molecule has 0 aliphatic rings. The smallest absolute Gasteiger partial charge is 0.298 e. The lowest BCUT2D eigenvalue weighted by atomic mass is 9.96. The van der Waals surface area contributed by atoms with Gasteiger partial charge in [-0.3, -0.25) is 4.79 Å². The van der Waals surface area contributed by atoms with E-state index in [0.29, 0.717) is 0 Å². The van der Waals surface area contributed by atoms with Gasteiger partial charge in [-0.25, -0.2) is 0 Å². The summed E-state index contributed by atoms with van der Waals surface area (Å²) in [5.74, 6) is -6.07. The molecular formula is C11H6Cl2F6O. The van der Waals surface area contributed by atoms with Crippen molar-refractivity contribution in [3.8, 4) is 0 Å². The van der Waals surface area contributed by atoms with Crippen LogP contribution in [0, 0.1) is 5.92 Å². The molecule has 0 aliphatic heterocycles. The van der Waals surface area contributed by atoms with Gasteiger partial charge < -0.3 is 0 Å². The highest BCUT2D eigenvalue weighted by molar-refractivity contribution is 6.42. The van der Waals surface area contributed by atoms with Gasteiger partial charge in [0, 0.05) is 6.42 Å². The minimum Gasteiger partial charge on any atom is -0.298 e. The van der Waals surface area contributed by atoms with Gasteiger partial charge >= 0.3 is 12.4 Å². The maximum atomic E-state index is 12.3. The molecule has 0 saturated heterocycles. The number of ketones is 1. The van der Waals surface area contributed by atoms with Crippen LogP contribution < -0.4 is 0 Å². The summed E-state index contributed by atoms with van der Waals surface area (Å²) in [5.41, 5.74) is -0.192. The predicted molar refractivity (Wildman–Crippen MR) is 60.8 cm³/mol. The van der Waals surface area contributed by atoms with Gasteiger partial charge in [0.2, 0.25) is 5.92 Å². The molecule has 0 atom stereocenters. The molecule has 0 heterocycles. The second-order valence-electron chi connectivity index (χ2n) is 3.87. The average Bonchev–Trinajstić information content (AvgIpc) is 2.20. The molecule has 0 N–H and O–H groups in total. The van der Waals surface area contributed by atoms with Gasteiger partial charge in [0.15, 0.2) is 5.78 Å². The van der Waals surface area contributed by atoms with Crippen molar-refractivity contribution in [1.82, 2.24) is 0 Å². The van der Waals surface area contributed by atoms with Crippen LogP contribution in [0.25, 0.3) is 0 Å². The zero-order chi connectivity index (χ0) is 15.7. The zero-order valence-electron chi connectivity index (χ0n) is 9.45. The van der Waals surface area contributed by atoms with Gasteiger partial charge in [-0.05, 0) is 11.6 Å². The van der Waals surface area contributed by atoms with Crippen LogP contribution in [0.4, 0.5) is 26.3 Å². The third kappa shape index (κ3) is 4.02. The van der Waals surface area contributed by atoms with Crippen molar-refractivity contribution in [1.29, 1.82) is 0 Å². The van der Waals surface area contributed by atoms with E-state index in [1.807, 2.05) is 0 Å². The van der Waals surface area contributed by atoms with Crippen LogP contribution in [0.15, 0.2) is 18.2 Å². The summed E-state index contributed by atoms with van der Waals surface area (Å²) >= 11 is 11.2. The molecular weight excluding hydrogens is 333 g/mol. The Morgan fingerprint density at radius 2 is 1.55 bits per heavy atom. The Balaban J connectivity index is 3.07. The molecule has 0 fully saturated rings. The molecule has 0 unspecified atom stereocenters. The standard InChI is InChI=1S/C11H6Cl2F6O/c12-6-3-1-2-5(8(6)13)4-7(20)9(10(14,15)16)11(17,18)19/h1-3,9H,4H2. The van der Waals surface area contributed by atoms with Gasteiger partial charge in [-0.2, -0.15) is 26.3 Å². The summed E-state index contributed by atoms with van der Waals surface area (Å²) in [7, 11) is 0. The molecule has 0 saturated carbocycles. The molecule has 112 valence electrons. The molecule has 0 aliphatic carbocycles. The van der Waals surface area contributed by atoms with Crippen LogP contribution in [-0.4, -0.2) is 18.1 Å². The maximum Gasteiger partial charge on any atom is 0.407 e. The third-order valence-corrected chi connectivity index (χ3v) is 3.23. The van der Waals surface area contributed by atoms with Gasteiger partial charge in [0.25, 0.3) is 0 Å². The van der Waals surface area contributed by atoms with Crippen LogP contribution >= 0.6 is 23.2 Å². The highest BCUT2D eigenvalue weighted by Crippen LogP contribution is 2.40. The van der Waals surface area contributed by atoms with Crippen molar-refractivity contribution < 1.29 is 31.1 Å². The van der Waals surface area contributed by atoms with E-state index in [9.17, 15) is 31.1 Å². The van der Waals surface area contributed by atoms with E-state index in [0.717, 1.165) is 6.07 Å². The molecule has 0 bridgehead atoms. The molecule has 1 aromatic rings. The lowest BCUT2D eigenvalue weighted by Gasteiger charge is -2.21. The summed E-state index contributed by atoms with van der Waals surface area (Å²) in [4.78, 5) is 11.3. The topological polar surface area (TPSA) is 17.1 Å². The van der Waals surface area contributed by atoms with E-state index in [1.54, 1.807) is 0 Å². The summed E-state index contributed by atoms with van der Waals surface area (Å²) in [6.45, 7) is 0. The van der Waals surface area contributed by atoms with Gasteiger partial charge in [-0.15, -0.1) is 0 Å². The number of hydrogen-bond acceptors (Lipinski definition) is 1. The highest BCUT2D eigenvalue weighted by Gasteiger charge is 2.60. The van der Waals surface area contributed by atoms with Gasteiger partial charge in [-0.1, -0.05) is 35.3 Å². The molecule has 1 rings (SSSR count). The van der Waals surface area contributed by atoms with Crippen molar-refractivity contribution in [2.75, 3.05) is 0 Å². The molecule has 9 heteroatoms. The monoisotopic (exact) mass is 338 g/mol. The summed E-state index contributed by atoms with van der Waals surface area (Å²) in [5, 5.41) is -0.307. The first-order chi connectivity index (χ1) is 8.94. The lowest BCUT2D eigenvalue weighted by Crippen LogP contribution is -2.43. The first-order valence-corrected chi connectivity index (χ1v) is 5.79. The molecule has 20 heavy (non-hydrogen) atoms. The number of rotatable bonds is 3. The van der Waals surface area contributed by atoms with Gasteiger partial charge in [0.1, 0.15) is 0 Å². The SMILES string of the molecule is O=C(Cc1cccc(Cl)c1Cl)C(C(F)(F)F)C(F)(F)F. The Kier molecular flexibility index (Phi) is 4.97. The van der Waals surface area contributed by atoms with Crippen LogP contribution in [0.2, 0.25) is 10.0 Å². The van der Waals surface area contributed by atoms with Crippen LogP contribution in [0.5, 0.6) is 0 Å². The Morgan fingerprint density at radius 1 is 1.05 bits per heavy atom. The first-order valence-electron chi connectivity index (χ1n) is 5.03. The van der Waals surface area contributed by atoms with E-state index < -0.39 is 30.5 Å². The second-order valence-corrected chi connectivity index (χ2v) is 4.66. The van der Waals surface area contributed by atoms with Crippen LogP contribution in [0.3, 0.4) is 0 Å². The van der Waals surface area contributed by atoms with Gasteiger partial charge in [0.05, 0.1) is 10.0 Å². The number of hydrogen-bond donors (Lipinski definition) is 0. The molecule has 1 nitrogen and oxygen atoms in total. The fraction of sp³-hybridized carbons (Fsp3) is 0.364. The Morgan fingerprint density at radius 3 is 2.00 bits per heavy atom. The lowest BCUT2D eigenvalue weighted by molar-refractivity contribution is -0.273. The number of Topliss-reactive ketones (excluding diaryl/α,β-unsaturated/α-hetero) is 1. The normalized spacial score (nSPS) is 12.8. The minimum absolute atomic E-state index is 0.0625. The van der Waals surface area contributed by atoms with Crippen LogP contribution in [0.1, 0.15) is 5.56 Å². The predicted octanol–water partition coefficient (Wildman–Crippen LogP) is 4.85. The van der Waals surface area contributed by atoms with E-state index in [2.05, 4.69) is 0 Å². The largest absolute Gasteiger partial charge is 0.407 e. The average molecular weight is 339 g/mol. The fourth-order valence-electron chi connectivity index (χ4n) is 1.53. The van der Waals surface area contributed by atoms with E-state index >= 15 is 0 Å². The number of carbonyl (C=O) groups excluding carboxylic acids is 1. The number of alkyl halides is 6. The number of halogens is 8. The quantitative estimate of drug-likeness (QED) is 0.720. The molecule has 0 radical (unpaired) electrons. The van der Waals surface area contributed by atoms with E-state index in [1.165, 1.54) is 12.1 Å². The summed E-state index contributed by atoms with van der Waals surface area (Å²) in [6.07, 6.45) is -12.5. The van der Waals surface area contributed by atoms with Crippen molar-refractivity contribution in [3.05, 3.63) is 33.8 Å². The summed E-state index contributed by atoms with van der Waals surface area (Å²) < 4.78 is 74.1. The molecule has 1 aromatic carbocycles. The van der Waals surface area contributed by atoms with E-state index in [4.69, 9.17) is 23.2 Å². The summed E-state index contributed by atoms with van der Waals surface area (Å²) in [6, 6.07) is 3.70. The Bertz CT molecular complexity index is 495. The van der Waals surface area contributed by atoms with Crippen molar-refractivity contribution in [3.63, 3.8) is 0 Å². The van der Waals surface area contributed by atoms with Crippen LogP contribution in [-0.2, 0) is 11.2 Å². The van der Waals surface area contributed by atoms with Crippen molar-refractivity contribution >= 4 is 29.0 Å². The highest BCUT2D eigenvalue weighted by atomic mass is 35.5. The molecule has 0 spiro atoms. The van der Waals surface area contributed by atoms with E-state index in [-0.39, 0.29) is 15.6 Å². The third-order valence-electron chi connectivity index (χ3n) is 2.37. The fourth-order valence-corrected chi connectivity index (χ4v) is 1.91. The Hall–Kier alpha value is -0.950. The minimum atomic E-state index is -5.71. The molecule has 0 amide bonds. The first kappa shape index (κ1) is 17.1. The zero-order valence-corrected chi connectivity index (χ0v) is 11.0.